The normalized spacial score (nSPS) is 12.7. The van der Waals surface area contributed by atoms with Crippen molar-refractivity contribution in [2.24, 2.45) is 0 Å². The van der Waals surface area contributed by atoms with E-state index >= 15 is 0 Å². The molecule has 1 aromatic heterocycles. The van der Waals surface area contributed by atoms with Crippen molar-refractivity contribution in [1.29, 1.82) is 0 Å². The minimum atomic E-state index is -0.872. The first-order chi connectivity index (χ1) is 7.18. The van der Waals surface area contributed by atoms with Gasteiger partial charge < -0.3 is 0 Å². The van der Waals surface area contributed by atoms with Gasteiger partial charge in [0.15, 0.2) is 17.5 Å². The Balaban J connectivity index is 2.34. The van der Waals surface area contributed by atoms with Crippen LogP contribution >= 0.6 is 0 Å². The Morgan fingerprint density at radius 3 is 2.67 bits per heavy atom. The van der Waals surface area contributed by atoms with Crippen LogP contribution in [0.25, 0.3) is 0 Å². The van der Waals surface area contributed by atoms with Crippen LogP contribution in [0.5, 0.6) is 0 Å². The second-order valence-corrected chi connectivity index (χ2v) is 3.17. The van der Waals surface area contributed by atoms with Gasteiger partial charge in [-0.15, -0.1) is 10.2 Å². The number of benzene rings is 1. The number of hydrogen-bond donors (Lipinski definition) is 1. The van der Waals surface area contributed by atoms with E-state index in [0.29, 0.717) is 11.4 Å². The topological polar surface area (TPSA) is 54.5 Å². The summed E-state index contributed by atoms with van der Waals surface area (Å²) in [6.45, 7) is 1.79. The second kappa shape index (κ2) is 3.72. The molecule has 0 bridgehead atoms. The fourth-order valence-corrected chi connectivity index (χ4v) is 1.28. The van der Waals surface area contributed by atoms with Crippen molar-refractivity contribution in [1.82, 2.24) is 20.6 Å². The van der Waals surface area contributed by atoms with E-state index in [1.54, 1.807) is 6.92 Å². The molecule has 0 aliphatic rings. The summed E-state index contributed by atoms with van der Waals surface area (Å²) in [5.74, 6) is -1.51. The molecule has 2 rings (SSSR count). The Labute approximate surface area is 84.3 Å². The molecule has 1 N–H and O–H groups in total. The van der Waals surface area contributed by atoms with Crippen LogP contribution in [-0.2, 0) is 0 Å². The second-order valence-electron chi connectivity index (χ2n) is 3.17. The number of halogens is 2. The molecule has 1 heterocycles. The zero-order chi connectivity index (χ0) is 10.8. The zero-order valence-corrected chi connectivity index (χ0v) is 7.91. The summed E-state index contributed by atoms with van der Waals surface area (Å²) in [5.41, 5.74) is 0.607. The quantitative estimate of drug-likeness (QED) is 0.819. The molecule has 1 aromatic carbocycles. The number of aromatic amines is 1. The third-order valence-corrected chi connectivity index (χ3v) is 2.19. The number of hydrogen-bond acceptors (Lipinski definition) is 3. The molecule has 1 atom stereocenters. The van der Waals surface area contributed by atoms with E-state index in [9.17, 15) is 8.78 Å². The van der Waals surface area contributed by atoms with Crippen LogP contribution in [0.4, 0.5) is 8.78 Å². The molecule has 0 fully saturated rings. The first kappa shape index (κ1) is 9.70. The van der Waals surface area contributed by atoms with E-state index in [1.807, 2.05) is 0 Å². The van der Waals surface area contributed by atoms with Crippen LogP contribution in [0.1, 0.15) is 24.2 Å². The van der Waals surface area contributed by atoms with E-state index < -0.39 is 11.6 Å². The third kappa shape index (κ3) is 1.83. The lowest BCUT2D eigenvalue weighted by molar-refractivity contribution is 0.506. The van der Waals surface area contributed by atoms with Gasteiger partial charge in [0.25, 0.3) is 0 Å². The fraction of sp³-hybridized carbons (Fsp3) is 0.222. The number of aromatic nitrogens is 4. The maximum absolute atomic E-state index is 12.9. The molecule has 4 nitrogen and oxygen atoms in total. The average Bonchev–Trinajstić information content (AvgIpc) is 2.74. The van der Waals surface area contributed by atoms with Gasteiger partial charge >= 0.3 is 0 Å². The number of H-pyrrole nitrogens is 1. The van der Waals surface area contributed by atoms with E-state index in [1.165, 1.54) is 6.07 Å². The summed E-state index contributed by atoms with van der Waals surface area (Å²) in [6.07, 6.45) is 0. The predicted octanol–water partition coefficient (Wildman–Crippen LogP) is 1.63. The van der Waals surface area contributed by atoms with Crippen LogP contribution in [0, 0.1) is 11.6 Å². The standard InChI is InChI=1S/C9H8F2N4/c1-5(9-12-14-15-13-9)6-2-3-7(10)8(11)4-6/h2-5H,1H3,(H,12,13,14,15). The smallest absolute Gasteiger partial charge is 0.181 e. The number of rotatable bonds is 2. The highest BCUT2D eigenvalue weighted by molar-refractivity contribution is 5.25. The Morgan fingerprint density at radius 2 is 2.07 bits per heavy atom. The van der Waals surface area contributed by atoms with E-state index in [2.05, 4.69) is 20.6 Å². The Kier molecular flexibility index (Phi) is 2.40. The van der Waals surface area contributed by atoms with Crippen molar-refractivity contribution >= 4 is 0 Å². The predicted molar refractivity (Wildman–Crippen MR) is 48.1 cm³/mol. The van der Waals surface area contributed by atoms with Gasteiger partial charge in [-0.2, -0.15) is 5.21 Å². The Bertz CT molecular complexity index is 455. The SMILES string of the molecule is CC(c1ccc(F)c(F)c1)c1nn[nH]n1. The maximum atomic E-state index is 12.9. The summed E-state index contributed by atoms with van der Waals surface area (Å²) < 4.78 is 25.6. The first-order valence-corrected chi connectivity index (χ1v) is 4.37. The molecule has 15 heavy (non-hydrogen) atoms. The lowest BCUT2D eigenvalue weighted by Crippen LogP contribution is -2.00. The molecule has 6 heteroatoms. The average molecular weight is 210 g/mol. The minimum Gasteiger partial charge on any atom is -0.204 e. The van der Waals surface area contributed by atoms with Gasteiger partial charge in [0.05, 0.1) is 0 Å². The van der Waals surface area contributed by atoms with Gasteiger partial charge in [-0.1, -0.05) is 18.2 Å². The molecule has 2 aromatic rings. The van der Waals surface area contributed by atoms with Gasteiger partial charge in [0.2, 0.25) is 0 Å². The van der Waals surface area contributed by atoms with Crippen LogP contribution in [0.15, 0.2) is 18.2 Å². The van der Waals surface area contributed by atoms with Crippen LogP contribution < -0.4 is 0 Å². The lowest BCUT2D eigenvalue weighted by Gasteiger charge is -2.06. The van der Waals surface area contributed by atoms with Crippen LogP contribution in [0.2, 0.25) is 0 Å². The molecular weight excluding hydrogens is 202 g/mol. The number of nitrogens with zero attached hydrogens (tertiary/aromatic N) is 3. The molecule has 0 radical (unpaired) electrons. The van der Waals surface area contributed by atoms with Gasteiger partial charge in [-0.3, -0.25) is 0 Å². The van der Waals surface area contributed by atoms with Crippen molar-refractivity contribution in [2.45, 2.75) is 12.8 Å². The molecule has 0 amide bonds. The van der Waals surface area contributed by atoms with Gasteiger partial charge in [-0.25, -0.2) is 8.78 Å². The largest absolute Gasteiger partial charge is 0.204 e. The summed E-state index contributed by atoms with van der Waals surface area (Å²) in [4.78, 5) is 0. The summed E-state index contributed by atoms with van der Waals surface area (Å²) >= 11 is 0. The van der Waals surface area contributed by atoms with Gasteiger partial charge in [-0.05, 0) is 17.7 Å². The molecule has 1 unspecified atom stereocenters. The third-order valence-electron chi connectivity index (χ3n) is 2.19. The number of tetrazole rings is 1. The molecule has 0 spiro atoms. The zero-order valence-electron chi connectivity index (χ0n) is 7.91. The highest BCUT2D eigenvalue weighted by Gasteiger charge is 2.14. The minimum absolute atomic E-state index is 0.223. The van der Waals surface area contributed by atoms with Crippen molar-refractivity contribution in [2.75, 3.05) is 0 Å². The Hall–Kier alpha value is -1.85. The highest BCUT2D eigenvalue weighted by Crippen LogP contribution is 2.21. The van der Waals surface area contributed by atoms with Gasteiger partial charge in [0, 0.05) is 5.92 Å². The molecule has 0 saturated carbocycles. The highest BCUT2D eigenvalue weighted by atomic mass is 19.2. The summed E-state index contributed by atoms with van der Waals surface area (Å²) in [5, 5.41) is 13.3. The maximum Gasteiger partial charge on any atom is 0.181 e. The lowest BCUT2D eigenvalue weighted by atomic mass is 10.0. The Morgan fingerprint density at radius 1 is 1.27 bits per heavy atom. The monoisotopic (exact) mass is 210 g/mol. The molecular formula is C9H8F2N4. The number of nitrogens with one attached hydrogen (secondary N) is 1. The van der Waals surface area contributed by atoms with Crippen molar-refractivity contribution in [3.63, 3.8) is 0 Å². The first-order valence-electron chi connectivity index (χ1n) is 4.37. The van der Waals surface area contributed by atoms with E-state index in [4.69, 9.17) is 0 Å². The summed E-state index contributed by atoms with van der Waals surface area (Å²) in [7, 11) is 0. The molecule has 0 saturated heterocycles. The summed E-state index contributed by atoms with van der Waals surface area (Å²) in [6, 6.07) is 3.72. The molecule has 0 aliphatic carbocycles. The van der Waals surface area contributed by atoms with Crippen LogP contribution in [-0.4, -0.2) is 20.6 Å². The van der Waals surface area contributed by atoms with Crippen LogP contribution in [0.3, 0.4) is 0 Å². The fourth-order valence-electron chi connectivity index (χ4n) is 1.28. The van der Waals surface area contributed by atoms with Crippen molar-refractivity contribution in [3.8, 4) is 0 Å². The van der Waals surface area contributed by atoms with Crippen molar-refractivity contribution < 1.29 is 8.78 Å². The molecule has 78 valence electrons. The van der Waals surface area contributed by atoms with Crippen molar-refractivity contribution in [3.05, 3.63) is 41.2 Å². The van der Waals surface area contributed by atoms with Gasteiger partial charge in [0.1, 0.15) is 0 Å². The van der Waals surface area contributed by atoms with E-state index in [-0.39, 0.29) is 5.92 Å². The molecule has 0 aliphatic heterocycles. The van der Waals surface area contributed by atoms with E-state index in [0.717, 1.165) is 12.1 Å².